The molecule has 0 aromatic carbocycles. The van der Waals surface area contributed by atoms with Gasteiger partial charge in [0, 0.05) is 12.4 Å². The second-order valence-corrected chi connectivity index (χ2v) is 8.54. The third-order valence-corrected chi connectivity index (χ3v) is 4.33. The molecule has 6 nitrogen and oxygen atoms in total. The van der Waals surface area contributed by atoms with Gasteiger partial charge in [-0.15, -0.1) is 10.2 Å². The number of rotatable bonds is 0. The summed E-state index contributed by atoms with van der Waals surface area (Å²) in [6.45, 7) is 13.1. The van der Waals surface area contributed by atoms with Crippen molar-refractivity contribution in [3.05, 3.63) is 60.2 Å². The third kappa shape index (κ3) is 3.90. The summed E-state index contributed by atoms with van der Waals surface area (Å²) in [6.07, 6.45) is 7.51. The van der Waals surface area contributed by atoms with Crippen LogP contribution in [0.15, 0.2) is 49.1 Å². The van der Waals surface area contributed by atoms with Crippen LogP contribution in [0.4, 0.5) is 0 Å². The second kappa shape index (κ2) is 6.52. The maximum absolute atomic E-state index is 3.96. The van der Waals surface area contributed by atoms with Crippen LogP contribution in [-0.2, 0) is 10.8 Å². The molecular weight excluding hydrogens is 324 g/mol. The van der Waals surface area contributed by atoms with Gasteiger partial charge in [0.15, 0.2) is 0 Å². The van der Waals surface area contributed by atoms with Crippen LogP contribution in [0, 0.1) is 0 Å². The van der Waals surface area contributed by atoms with Gasteiger partial charge >= 0.3 is 0 Å². The van der Waals surface area contributed by atoms with Gasteiger partial charge in [-0.05, 0) is 40.2 Å². The summed E-state index contributed by atoms with van der Waals surface area (Å²) in [5, 5.41) is 15.5. The van der Waals surface area contributed by atoms with Crippen LogP contribution in [0.5, 0.6) is 0 Å². The van der Waals surface area contributed by atoms with Gasteiger partial charge in [0.05, 0.1) is 23.4 Å². The van der Waals surface area contributed by atoms with Crippen molar-refractivity contribution in [2.24, 2.45) is 0 Å². The lowest BCUT2D eigenvalue weighted by atomic mass is 9.88. The van der Waals surface area contributed by atoms with Crippen molar-refractivity contribution in [1.29, 1.82) is 0 Å². The Balaban J connectivity index is 0.000000151. The molecule has 4 aromatic rings. The molecule has 26 heavy (non-hydrogen) atoms. The van der Waals surface area contributed by atoms with Gasteiger partial charge in [-0.3, -0.25) is 0 Å². The predicted octanol–water partition coefficient (Wildman–Crippen LogP) is 4.05. The highest BCUT2D eigenvalue weighted by Crippen LogP contribution is 2.23. The average molecular weight is 350 g/mol. The van der Waals surface area contributed by atoms with Gasteiger partial charge < -0.3 is 0 Å². The lowest BCUT2D eigenvalue weighted by Crippen LogP contribution is -2.11. The van der Waals surface area contributed by atoms with E-state index in [1.165, 1.54) is 11.1 Å². The molecule has 4 rings (SSSR count). The monoisotopic (exact) mass is 350 g/mol. The van der Waals surface area contributed by atoms with E-state index in [9.17, 15) is 0 Å². The summed E-state index contributed by atoms with van der Waals surface area (Å²) >= 11 is 0. The van der Waals surface area contributed by atoms with E-state index in [0.29, 0.717) is 0 Å². The fourth-order valence-corrected chi connectivity index (χ4v) is 2.56. The zero-order chi connectivity index (χ0) is 18.9. The highest BCUT2D eigenvalue weighted by molar-refractivity contribution is 5.47. The molecule has 136 valence electrons. The molecule has 4 aromatic heterocycles. The van der Waals surface area contributed by atoms with Crippen molar-refractivity contribution in [3.63, 3.8) is 0 Å². The lowest BCUT2D eigenvalue weighted by Gasteiger charge is -2.18. The quantitative estimate of drug-likeness (QED) is 0.480. The Kier molecular flexibility index (Phi) is 4.52. The van der Waals surface area contributed by atoms with Crippen LogP contribution in [0.3, 0.4) is 0 Å². The number of pyridine rings is 2. The molecule has 0 radical (unpaired) electrons. The Hall–Kier alpha value is -2.76. The van der Waals surface area contributed by atoms with E-state index in [-0.39, 0.29) is 10.8 Å². The van der Waals surface area contributed by atoms with Crippen LogP contribution in [0.25, 0.3) is 11.0 Å². The summed E-state index contributed by atoms with van der Waals surface area (Å²) in [4.78, 5) is 0. The molecule has 0 atom stereocenters. The minimum atomic E-state index is 0.167. The van der Waals surface area contributed by atoms with Crippen LogP contribution in [0.1, 0.15) is 52.7 Å². The maximum atomic E-state index is 3.96. The molecule has 0 aliphatic rings. The Morgan fingerprint density at radius 1 is 0.692 bits per heavy atom. The molecule has 0 N–H and O–H groups in total. The van der Waals surface area contributed by atoms with Crippen LogP contribution < -0.4 is 0 Å². The van der Waals surface area contributed by atoms with Crippen LogP contribution >= 0.6 is 0 Å². The highest BCUT2D eigenvalue weighted by Gasteiger charge is 2.14. The first kappa shape index (κ1) is 18.0. The van der Waals surface area contributed by atoms with Gasteiger partial charge in [0.1, 0.15) is 0 Å². The largest absolute Gasteiger partial charge is 0.221 e. The molecule has 0 bridgehead atoms. The molecule has 0 aliphatic heterocycles. The molecule has 0 fully saturated rings. The van der Waals surface area contributed by atoms with E-state index in [1.807, 2.05) is 18.5 Å². The lowest BCUT2D eigenvalue weighted by molar-refractivity contribution is 0.584. The zero-order valence-corrected chi connectivity index (χ0v) is 16.3. The van der Waals surface area contributed by atoms with Crippen molar-refractivity contribution in [2.75, 3.05) is 0 Å². The highest BCUT2D eigenvalue weighted by atomic mass is 15.4. The Morgan fingerprint density at radius 2 is 1.31 bits per heavy atom. The summed E-state index contributed by atoms with van der Waals surface area (Å²) in [7, 11) is 0. The molecule has 0 amide bonds. The first-order chi connectivity index (χ1) is 12.1. The Morgan fingerprint density at radius 3 is 1.96 bits per heavy atom. The molecule has 6 heteroatoms. The van der Waals surface area contributed by atoms with Gasteiger partial charge in [0.2, 0.25) is 0 Å². The smallest absolute Gasteiger partial charge is 0.0867 e. The first-order valence-corrected chi connectivity index (χ1v) is 8.76. The number of hydrogen-bond acceptors (Lipinski definition) is 4. The first-order valence-electron chi connectivity index (χ1n) is 8.76. The van der Waals surface area contributed by atoms with E-state index >= 15 is 0 Å². The predicted molar refractivity (Wildman–Crippen MR) is 103 cm³/mol. The van der Waals surface area contributed by atoms with Gasteiger partial charge in [-0.2, -0.15) is 0 Å². The van der Waals surface area contributed by atoms with Crippen LogP contribution in [0.2, 0.25) is 0 Å². The molecule has 0 saturated carbocycles. The number of hydrogen-bond donors (Lipinski definition) is 0. The van der Waals surface area contributed by atoms with Gasteiger partial charge in [-0.1, -0.05) is 58.0 Å². The molecule has 0 aliphatic carbocycles. The number of aromatic nitrogens is 6. The minimum absolute atomic E-state index is 0.167. The summed E-state index contributed by atoms with van der Waals surface area (Å²) in [5.74, 6) is 0. The second-order valence-electron chi connectivity index (χ2n) is 8.54. The topological polar surface area (TPSA) is 60.4 Å². The molecule has 0 unspecified atom stereocenters. The Bertz CT molecular complexity index is 930. The van der Waals surface area contributed by atoms with E-state index in [2.05, 4.69) is 80.4 Å². The van der Waals surface area contributed by atoms with Crippen molar-refractivity contribution in [3.8, 4) is 0 Å². The summed E-state index contributed by atoms with van der Waals surface area (Å²) in [6, 6.07) is 8.38. The standard InChI is InChI=1S/2C10H13N3/c1-10(2,3)8-4-5-9-6-11-12-13(9)7-8;1-10(2,3)8-4-5-13-9(6-8)7-11-12-13/h2*4-7H,1-3H3. The van der Waals surface area contributed by atoms with E-state index in [1.54, 1.807) is 21.4 Å². The fraction of sp³-hybridized carbons (Fsp3) is 0.400. The normalized spacial score (nSPS) is 12.2. The molecular formula is C20H26N6. The van der Waals surface area contributed by atoms with Gasteiger partial charge in [-0.25, -0.2) is 9.03 Å². The summed E-state index contributed by atoms with van der Waals surface area (Å²) in [5.41, 5.74) is 5.01. The summed E-state index contributed by atoms with van der Waals surface area (Å²) < 4.78 is 3.58. The van der Waals surface area contributed by atoms with Crippen molar-refractivity contribution >= 4 is 11.0 Å². The van der Waals surface area contributed by atoms with E-state index in [4.69, 9.17) is 0 Å². The van der Waals surface area contributed by atoms with Crippen LogP contribution in [-0.4, -0.2) is 29.7 Å². The third-order valence-electron chi connectivity index (χ3n) is 4.33. The average Bonchev–Trinajstić information content (AvgIpc) is 3.21. The van der Waals surface area contributed by atoms with Crippen molar-refractivity contribution in [1.82, 2.24) is 29.7 Å². The molecule has 0 spiro atoms. The molecule has 4 heterocycles. The van der Waals surface area contributed by atoms with E-state index in [0.717, 1.165) is 11.0 Å². The maximum Gasteiger partial charge on any atom is 0.0867 e. The number of fused-ring (bicyclic) bond motifs is 2. The zero-order valence-electron chi connectivity index (χ0n) is 16.3. The van der Waals surface area contributed by atoms with Crippen molar-refractivity contribution in [2.45, 2.75) is 52.4 Å². The minimum Gasteiger partial charge on any atom is -0.221 e. The Labute approximate surface area is 153 Å². The SMILES string of the molecule is CC(C)(C)c1ccc2cnnn2c1.CC(C)(C)c1ccn2nncc2c1. The van der Waals surface area contributed by atoms with Gasteiger partial charge in [0.25, 0.3) is 0 Å². The van der Waals surface area contributed by atoms with E-state index < -0.39 is 0 Å². The number of nitrogens with zero attached hydrogens (tertiary/aromatic N) is 6. The fourth-order valence-electron chi connectivity index (χ4n) is 2.56. The van der Waals surface area contributed by atoms with Crippen molar-refractivity contribution < 1.29 is 0 Å². The molecule has 0 saturated heterocycles.